The van der Waals surface area contributed by atoms with Crippen LogP contribution >= 0.6 is 0 Å². The molecule has 1 aromatic rings. The number of fused-ring (bicyclic) bond motifs is 1. The molecule has 2 rings (SSSR count). The SMILES string of the molecule is CC#CCCn1c(C)cc2c1CC(C)(C)CC2O. The van der Waals surface area contributed by atoms with Crippen molar-refractivity contribution in [1.82, 2.24) is 4.57 Å². The van der Waals surface area contributed by atoms with E-state index < -0.39 is 0 Å². The minimum atomic E-state index is -0.305. The highest BCUT2D eigenvalue weighted by Crippen LogP contribution is 2.41. The zero-order valence-corrected chi connectivity index (χ0v) is 11.9. The van der Waals surface area contributed by atoms with Crippen molar-refractivity contribution in [3.05, 3.63) is 23.0 Å². The largest absolute Gasteiger partial charge is 0.388 e. The molecule has 0 fully saturated rings. The maximum atomic E-state index is 10.3. The van der Waals surface area contributed by atoms with E-state index in [1.807, 2.05) is 6.92 Å². The van der Waals surface area contributed by atoms with Crippen LogP contribution in [0.15, 0.2) is 6.07 Å². The van der Waals surface area contributed by atoms with Gasteiger partial charge in [0.15, 0.2) is 0 Å². The van der Waals surface area contributed by atoms with Gasteiger partial charge in [0.25, 0.3) is 0 Å². The van der Waals surface area contributed by atoms with Gasteiger partial charge in [0, 0.05) is 29.9 Å². The van der Waals surface area contributed by atoms with Crippen molar-refractivity contribution >= 4 is 0 Å². The fraction of sp³-hybridized carbons (Fsp3) is 0.625. The van der Waals surface area contributed by atoms with Crippen molar-refractivity contribution in [3.8, 4) is 11.8 Å². The lowest BCUT2D eigenvalue weighted by Crippen LogP contribution is -2.26. The number of aryl methyl sites for hydroxylation is 1. The first-order valence-electron chi connectivity index (χ1n) is 6.71. The second-order valence-electron chi connectivity index (χ2n) is 6.08. The molecule has 0 spiro atoms. The summed E-state index contributed by atoms with van der Waals surface area (Å²) in [5, 5.41) is 10.3. The lowest BCUT2D eigenvalue weighted by Gasteiger charge is -2.34. The molecule has 2 nitrogen and oxygen atoms in total. The second-order valence-corrected chi connectivity index (χ2v) is 6.08. The average Bonchev–Trinajstić information content (AvgIpc) is 2.56. The summed E-state index contributed by atoms with van der Waals surface area (Å²) in [7, 11) is 0. The van der Waals surface area contributed by atoms with Crippen LogP contribution in [0.5, 0.6) is 0 Å². The first-order valence-corrected chi connectivity index (χ1v) is 6.71. The van der Waals surface area contributed by atoms with Gasteiger partial charge in [-0.05, 0) is 38.2 Å². The summed E-state index contributed by atoms with van der Waals surface area (Å²) in [4.78, 5) is 0. The van der Waals surface area contributed by atoms with Crippen molar-refractivity contribution in [2.24, 2.45) is 5.41 Å². The van der Waals surface area contributed by atoms with Gasteiger partial charge in [0.1, 0.15) is 0 Å². The Kier molecular flexibility index (Phi) is 3.54. The van der Waals surface area contributed by atoms with Gasteiger partial charge in [0.05, 0.1) is 6.10 Å². The van der Waals surface area contributed by atoms with Crippen molar-refractivity contribution in [3.63, 3.8) is 0 Å². The van der Waals surface area contributed by atoms with Gasteiger partial charge in [-0.15, -0.1) is 11.8 Å². The number of hydrogen-bond acceptors (Lipinski definition) is 1. The molecule has 0 amide bonds. The molecule has 18 heavy (non-hydrogen) atoms. The van der Waals surface area contributed by atoms with Crippen LogP contribution in [-0.4, -0.2) is 9.67 Å². The number of aliphatic hydroxyl groups is 1. The van der Waals surface area contributed by atoms with Crippen LogP contribution in [0.2, 0.25) is 0 Å². The third-order valence-corrected chi connectivity index (χ3v) is 3.84. The quantitative estimate of drug-likeness (QED) is 0.795. The lowest BCUT2D eigenvalue weighted by atomic mass is 9.75. The maximum absolute atomic E-state index is 10.3. The van der Waals surface area contributed by atoms with Crippen molar-refractivity contribution in [2.75, 3.05) is 0 Å². The number of hydrogen-bond donors (Lipinski definition) is 1. The van der Waals surface area contributed by atoms with E-state index in [1.165, 1.54) is 11.4 Å². The van der Waals surface area contributed by atoms with Crippen LogP contribution < -0.4 is 0 Å². The molecule has 0 bridgehead atoms. The molecule has 0 aromatic carbocycles. The van der Waals surface area contributed by atoms with Gasteiger partial charge in [-0.2, -0.15) is 0 Å². The topological polar surface area (TPSA) is 25.2 Å². The summed E-state index contributed by atoms with van der Waals surface area (Å²) >= 11 is 0. The highest BCUT2D eigenvalue weighted by Gasteiger charge is 2.33. The fourth-order valence-electron chi connectivity index (χ4n) is 3.00. The van der Waals surface area contributed by atoms with Gasteiger partial charge in [0.2, 0.25) is 0 Å². The molecule has 98 valence electrons. The third kappa shape index (κ3) is 2.47. The second kappa shape index (κ2) is 4.82. The Morgan fingerprint density at radius 2 is 2.22 bits per heavy atom. The Labute approximate surface area is 110 Å². The van der Waals surface area contributed by atoms with E-state index in [0.717, 1.165) is 31.4 Å². The van der Waals surface area contributed by atoms with E-state index >= 15 is 0 Å². The summed E-state index contributed by atoms with van der Waals surface area (Å²) in [5.41, 5.74) is 3.88. The minimum absolute atomic E-state index is 0.186. The Morgan fingerprint density at radius 3 is 2.89 bits per heavy atom. The molecule has 0 saturated heterocycles. The predicted molar refractivity (Wildman–Crippen MR) is 74.3 cm³/mol. The van der Waals surface area contributed by atoms with Crippen LogP contribution in [0.25, 0.3) is 0 Å². The monoisotopic (exact) mass is 245 g/mol. The molecule has 0 aliphatic heterocycles. The smallest absolute Gasteiger partial charge is 0.0812 e. The van der Waals surface area contributed by atoms with Gasteiger partial charge in [-0.1, -0.05) is 13.8 Å². The molecule has 0 saturated carbocycles. The first kappa shape index (κ1) is 13.2. The van der Waals surface area contributed by atoms with E-state index in [-0.39, 0.29) is 11.5 Å². The van der Waals surface area contributed by atoms with Crippen LogP contribution in [-0.2, 0) is 13.0 Å². The van der Waals surface area contributed by atoms with E-state index in [1.54, 1.807) is 0 Å². The maximum Gasteiger partial charge on any atom is 0.0812 e. The minimum Gasteiger partial charge on any atom is -0.388 e. The van der Waals surface area contributed by atoms with Crippen molar-refractivity contribution in [2.45, 2.75) is 59.6 Å². The molecule has 1 N–H and O–H groups in total. The van der Waals surface area contributed by atoms with Crippen LogP contribution in [0.1, 0.15) is 56.7 Å². The van der Waals surface area contributed by atoms with Gasteiger partial charge in [-0.25, -0.2) is 0 Å². The molecule has 2 heteroatoms. The third-order valence-electron chi connectivity index (χ3n) is 3.84. The Morgan fingerprint density at radius 1 is 1.50 bits per heavy atom. The number of aliphatic hydroxyl groups excluding tert-OH is 1. The number of nitrogens with zero attached hydrogens (tertiary/aromatic N) is 1. The standard InChI is InChI=1S/C16H23NO/c1-5-6-7-8-17-12(2)9-13-14(17)10-16(3,4)11-15(13)18/h9,15,18H,7-8,10-11H2,1-4H3. The fourth-order valence-corrected chi connectivity index (χ4v) is 3.00. The van der Waals surface area contributed by atoms with Crippen LogP contribution in [0.4, 0.5) is 0 Å². The molecule has 1 atom stereocenters. The van der Waals surface area contributed by atoms with Crippen LogP contribution in [0.3, 0.4) is 0 Å². The zero-order valence-electron chi connectivity index (χ0n) is 11.9. The summed E-state index contributed by atoms with van der Waals surface area (Å²) in [6.45, 7) is 9.41. The molecule has 1 unspecified atom stereocenters. The highest BCUT2D eigenvalue weighted by molar-refractivity contribution is 5.33. The molecule has 1 aromatic heterocycles. The van der Waals surface area contributed by atoms with Crippen LogP contribution in [0, 0.1) is 24.2 Å². The summed E-state index contributed by atoms with van der Waals surface area (Å²) in [6.07, 6.45) is 2.49. The van der Waals surface area contributed by atoms with Gasteiger partial charge < -0.3 is 9.67 Å². The first-order chi connectivity index (χ1) is 8.44. The predicted octanol–water partition coefficient (Wildman–Crippen LogP) is 3.22. The average molecular weight is 245 g/mol. The summed E-state index contributed by atoms with van der Waals surface area (Å²) < 4.78 is 2.34. The summed E-state index contributed by atoms with van der Waals surface area (Å²) in [5.74, 6) is 6.06. The Hall–Kier alpha value is -1.20. The highest BCUT2D eigenvalue weighted by atomic mass is 16.3. The normalized spacial score (nSPS) is 21.1. The molecule has 0 radical (unpaired) electrons. The Bertz CT molecular complexity index is 499. The van der Waals surface area contributed by atoms with E-state index in [4.69, 9.17) is 0 Å². The molecule has 1 heterocycles. The zero-order chi connectivity index (χ0) is 13.3. The van der Waals surface area contributed by atoms with E-state index in [2.05, 4.69) is 43.2 Å². The van der Waals surface area contributed by atoms with E-state index in [0.29, 0.717) is 0 Å². The van der Waals surface area contributed by atoms with Crippen molar-refractivity contribution in [1.29, 1.82) is 0 Å². The van der Waals surface area contributed by atoms with Crippen molar-refractivity contribution < 1.29 is 5.11 Å². The number of aromatic nitrogens is 1. The molecular formula is C16H23NO. The lowest BCUT2D eigenvalue weighted by molar-refractivity contribution is 0.0980. The molecule has 1 aliphatic carbocycles. The number of rotatable bonds is 2. The molecule has 1 aliphatic rings. The summed E-state index contributed by atoms with van der Waals surface area (Å²) in [6, 6.07) is 2.15. The van der Waals surface area contributed by atoms with E-state index in [9.17, 15) is 5.11 Å². The van der Waals surface area contributed by atoms with Gasteiger partial charge in [-0.3, -0.25) is 0 Å². The Balaban J connectivity index is 2.34. The molecular weight excluding hydrogens is 222 g/mol. The van der Waals surface area contributed by atoms with Gasteiger partial charge >= 0.3 is 0 Å².